The number of amides is 1. The van der Waals surface area contributed by atoms with Crippen LogP contribution in [0.3, 0.4) is 0 Å². The van der Waals surface area contributed by atoms with Crippen LogP contribution in [0.25, 0.3) is 0 Å². The van der Waals surface area contributed by atoms with Gasteiger partial charge in [0.2, 0.25) is 0 Å². The lowest BCUT2D eigenvalue weighted by atomic mass is 10.1. The molecule has 25 heavy (non-hydrogen) atoms. The molecule has 1 N–H and O–H groups in total. The van der Waals surface area contributed by atoms with Gasteiger partial charge >= 0.3 is 5.97 Å². The molecule has 130 valence electrons. The minimum absolute atomic E-state index is 0.0476. The number of hydrogen-bond donors (Lipinski definition) is 1. The highest BCUT2D eigenvalue weighted by atomic mass is 16.5. The summed E-state index contributed by atoms with van der Waals surface area (Å²) >= 11 is 0. The fourth-order valence-electron chi connectivity index (χ4n) is 2.35. The molecule has 1 amide bonds. The Hall–Kier alpha value is -2.95. The van der Waals surface area contributed by atoms with Gasteiger partial charge in [0.1, 0.15) is 0 Å². The number of carbonyl (C=O) groups excluding carboxylic acids is 3. The molecule has 0 radical (unpaired) electrons. The molecule has 0 bridgehead atoms. The van der Waals surface area contributed by atoms with Gasteiger partial charge in [-0.15, -0.1) is 0 Å². The minimum Gasteiger partial charge on any atom is -0.449 e. The number of benzene rings is 2. The lowest BCUT2D eigenvalue weighted by Crippen LogP contribution is -2.30. The normalized spacial score (nSPS) is 11.5. The number of nitrogens with one attached hydrogen (secondary N) is 1. The van der Waals surface area contributed by atoms with E-state index in [1.165, 1.54) is 13.8 Å². The topological polar surface area (TPSA) is 72.5 Å². The van der Waals surface area contributed by atoms with Gasteiger partial charge in [-0.2, -0.15) is 0 Å². The first-order valence-corrected chi connectivity index (χ1v) is 7.98. The van der Waals surface area contributed by atoms with Crippen LogP contribution in [0.1, 0.15) is 45.7 Å². The predicted molar refractivity (Wildman–Crippen MR) is 95.9 cm³/mol. The third kappa shape index (κ3) is 4.76. The van der Waals surface area contributed by atoms with Gasteiger partial charge in [0.05, 0.1) is 5.56 Å². The van der Waals surface area contributed by atoms with Gasteiger partial charge < -0.3 is 10.1 Å². The molecule has 0 saturated carbocycles. The first kappa shape index (κ1) is 18.4. The monoisotopic (exact) mass is 339 g/mol. The van der Waals surface area contributed by atoms with Crippen molar-refractivity contribution in [3.63, 3.8) is 0 Å². The highest BCUT2D eigenvalue weighted by Gasteiger charge is 2.20. The van der Waals surface area contributed by atoms with Gasteiger partial charge in [0.25, 0.3) is 5.91 Å². The van der Waals surface area contributed by atoms with Crippen LogP contribution in [0, 0.1) is 13.8 Å². The van der Waals surface area contributed by atoms with Gasteiger partial charge in [-0.3, -0.25) is 9.59 Å². The average Bonchev–Trinajstić information content (AvgIpc) is 2.55. The number of esters is 1. The first-order chi connectivity index (χ1) is 11.8. The van der Waals surface area contributed by atoms with Crippen molar-refractivity contribution in [3.8, 4) is 0 Å². The molecule has 0 heterocycles. The van der Waals surface area contributed by atoms with Crippen LogP contribution in [-0.2, 0) is 9.53 Å². The second-order valence-electron chi connectivity index (χ2n) is 5.99. The summed E-state index contributed by atoms with van der Waals surface area (Å²) in [5.41, 5.74) is 3.39. The molecule has 2 aromatic carbocycles. The van der Waals surface area contributed by atoms with Gasteiger partial charge in [-0.1, -0.05) is 17.7 Å². The van der Waals surface area contributed by atoms with Crippen molar-refractivity contribution in [2.75, 3.05) is 5.32 Å². The second-order valence-corrected chi connectivity index (χ2v) is 5.99. The summed E-state index contributed by atoms with van der Waals surface area (Å²) in [6, 6.07) is 11.9. The van der Waals surface area contributed by atoms with Crippen LogP contribution in [0.5, 0.6) is 0 Å². The van der Waals surface area contributed by atoms with E-state index in [0.29, 0.717) is 16.8 Å². The van der Waals surface area contributed by atoms with Crippen molar-refractivity contribution in [2.24, 2.45) is 0 Å². The minimum atomic E-state index is -0.944. The van der Waals surface area contributed by atoms with Crippen LogP contribution < -0.4 is 5.32 Å². The molecular formula is C20H21NO4. The lowest BCUT2D eigenvalue weighted by Gasteiger charge is -2.14. The van der Waals surface area contributed by atoms with E-state index in [1.54, 1.807) is 30.3 Å². The molecule has 0 fully saturated rings. The SMILES string of the molecule is CC(=O)c1ccc(NC(=O)[C@@H](C)OC(=O)c2ccc(C)cc2C)cc1. The zero-order valence-electron chi connectivity index (χ0n) is 14.8. The molecule has 0 aliphatic rings. The molecule has 0 saturated heterocycles. The van der Waals surface area contributed by atoms with E-state index in [9.17, 15) is 14.4 Å². The summed E-state index contributed by atoms with van der Waals surface area (Å²) in [7, 11) is 0. The van der Waals surface area contributed by atoms with Gasteiger partial charge in [-0.05, 0) is 63.6 Å². The Balaban J connectivity index is 1.99. The zero-order chi connectivity index (χ0) is 18.6. The second kappa shape index (κ2) is 7.75. The predicted octanol–water partition coefficient (Wildman–Crippen LogP) is 3.69. The quantitative estimate of drug-likeness (QED) is 0.666. The van der Waals surface area contributed by atoms with Crippen molar-refractivity contribution in [2.45, 2.75) is 33.8 Å². The molecule has 0 spiro atoms. The number of anilines is 1. The Morgan fingerprint density at radius 1 is 1.00 bits per heavy atom. The number of aryl methyl sites for hydroxylation is 2. The summed E-state index contributed by atoms with van der Waals surface area (Å²) in [6.07, 6.45) is -0.944. The third-order valence-corrected chi connectivity index (χ3v) is 3.81. The van der Waals surface area contributed by atoms with Crippen molar-refractivity contribution in [3.05, 3.63) is 64.7 Å². The lowest BCUT2D eigenvalue weighted by molar-refractivity contribution is -0.123. The molecule has 0 aromatic heterocycles. The smallest absolute Gasteiger partial charge is 0.339 e. The zero-order valence-corrected chi connectivity index (χ0v) is 14.8. The maximum absolute atomic E-state index is 12.2. The van der Waals surface area contributed by atoms with Crippen molar-refractivity contribution in [1.29, 1.82) is 0 Å². The highest BCUT2D eigenvalue weighted by Crippen LogP contribution is 2.14. The van der Waals surface area contributed by atoms with Crippen LogP contribution >= 0.6 is 0 Å². The van der Waals surface area contributed by atoms with Gasteiger partial charge in [-0.25, -0.2) is 4.79 Å². The molecule has 5 nitrogen and oxygen atoms in total. The average molecular weight is 339 g/mol. The molecule has 0 aliphatic carbocycles. The maximum Gasteiger partial charge on any atom is 0.339 e. The number of rotatable bonds is 5. The molecule has 0 aliphatic heterocycles. The Morgan fingerprint density at radius 3 is 2.20 bits per heavy atom. The van der Waals surface area contributed by atoms with Crippen molar-refractivity contribution < 1.29 is 19.1 Å². The Kier molecular flexibility index (Phi) is 5.70. The van der Waals surface area contributed by atoms with Gasteiger partial charge in [0.15, 0.2) is 11.9 Å². The van der Waals surface area contributed by atoms with E-state index in [0.717, 1.165) is 11.1 Å². The van der Waals surface area contributed by atoms with Crippen LogP contribution in [0.15, 0.2) is 42.5 Å². The number of ether oxygens (including phenoxy) is 1. The molecule has 1 atom stereocenters. The summed E-state index contributed by atoms with van der Waals surface area (Å²) in [5, 5.41) is 2.66. The van der Waals surface area contributed by atoms with Crippen molar-refractivity contribution in [1.82, 2.24) is 0 Å². The van der Waals surface area contributed by atoms with E-state index in [1.807, 2.05) is 26.0 Å². The number of Topliss-reactive ketones (excluding diaryl/α,β-unsaturated/α-hetero) is 1. The number of carbonyl (C=O) groups is 3. The van der Waals surface area contributed by atoms with E-state index in [4.69, 9.17) is 4.74 Å². The number of ketones is 1. The molecule has 5 heteroatoms. The third-order valence-electron chi connectivity index (χ3n) is 3.81. The maximum atomic E-state index is 12.2. The molecule has 2 aromatic rings. The molecule has 2 rings (SSSR count). The fraction of sp³-hybridized carbons (Fsp3) is 0.250. The standard InChI is InChI=1S/C20H21NO4/c1-12-5-10-18(13(2)11-12)20(24)25-15(4)19(23)21-17-8-6-16(7-9-17)14(3)22/h5-11,15H,1-4H3,(H,21,23)/t15-/m1/s1. The molecule has 0 unspecified atom stereocenters. The Morgan fingerprint density at radius 2 is 1.64 bits per heavy atom. The van der Waals surface area contributed by atoms with Crippen LogP contribution in [-0.4, -0.2) is 23.8 Å². The summed E-state index contributed by atoms with van der Waals surface area (Å²) in [4.78, 5) is 35.7. The van der Waals surface area contributed by atoms with E-state index in [2.05, 4.69) is 5.32 Å². The van der Waals surface area contributed by atoms with E-state index < -0.39 is 18.0 Å². The van der Waals surface area contributed by atoms with Crippen LogP contribution in [0.4, 0.5) is 5.69 Å². The summed E-state index contributed by atoms with van der Waals surface area (Å²) in [6.45, 7) is 6.75. The fourth-order valence-corrected chi connectivity index (χ4v) is 2.35. The van der Waals surface area contributed by atoms with E-state index in [-0.39, 0.29) is 5.78 Å². The first-order valence-electron chi connectivity index (χ1n) is 7.98. The number of hydrogen-bond acceptors (Lipinski definition) is 4. The highest BCUT2D eigenvalue weighted by molar-refractivity contribution is 5.98. The van der Waals surface area contributed by atoms with Crippen LogP contribution in [0.2, 0.25) is 0 Å². The Labute approximate surface area is 147 Å². The summed E-state index contributed by atoms with van der Waals surface area (Å²) in [5.74, 6) is -1.02. The summed E-state index contributed by atoms with van der Waals surface area (Å²) < 4.78 is 5.25. The van der Waals surface area contributed by atoms with Crippen molar-refractivity contribution >= 4 is 23.3 Å². The van der Waals surface area contributed by atoms with E-state index >= 15 is 0 Å². The van der Waals surface area contributed by atoms with Gasteiger partial charge in [0, 0.05) is 11.3 Å². The largest absolute Gasteiger partial charge is 0.449 e. The molecular weight excluding hydrogens is 318 g/mol. The Bertz CT molecular complexity index is 809.